The molecule has 0 N–H and O–H groups in total. The van der Waals surface area contributed by atoms with Crippen LogP contribution in [0.25, 0.3) is 0 Å². The van der Waals surface area contributed by atoms with Gasteiger partial charge in [0.25, 0.3) is 0 Å². The molecule has 0 aromatic rings. The Morgan fingerprint density at radius 1 is 0.742 bits per heavy atom. The van der Waals surface area contributed by atoms with Gasteiger partial charge in [0.05, 0.1) is 6.61 Å². The average molecular weight is 470 g/mol. The van der Waals surface area contributed by atoms with Gasteiger partial charge < -0.3 is 28.2 Å². The van der Waals surface area contributed by atoms with Gasteiger partial charge >= 0.3 is 31.5 Å². The minimum atomic E-state index is -3.43. The molecule has 0 bridgehead atoms. The standard InChI is InChI=1S/C18H31O12P/c1-8-27-31(7,23)30-14(5)18(22)29-13(4)16(20)26-10-9-25-15(19)12(3)28-17(21)11(2)24-6/h11-14H,8-10H2,1-7H3/t11-,12-,13+,14+,31+/m1/s1. The molecule has 0 unspecified atom stereocenters. The van der Waals surface area contributed by atoms with Crippen LogP contribution in [0.1, 0.15) is 34.6 Å². The zero-order valence-electron chi connectivity index (χ0n) is 18.8. The molecule has 0 spiro atoms. The molecule has 0 aromatic heterocycles. The largest absolute Gasteiger partial charge is 0.459 e. The molecule has 180 valence electrons. The summed E-state index contributed by atoms with van der Waals surface area (Å²) in [6.45, 7) is 7.69. The maximum atomic E-state index is 11.9. The van der Waals surface area contributed by atoms with Crippen molar-refractivity contribution in [1.29, 1.82) is 0 Å². The summed E-state index contributed by atoms with van der Waals surface area (Å²) in [7, 11) is -2.11. The molecular formula is C18H31O12P. The van der Waals surface area contributed by atoms with Gasteiger partial charge in [-0.15, -0.1) is 0 Å². The number of carbonyl (C=O) groups is 4. The number of rotatable bonds is 14. The molecule has 5 atom stereocenters. The summed E-state index contributed by atoms with van der Waals surface area (Å²) in [5.41, 5.74) is 0. The predicted octanol–water partition coefficient (Wildman–Crippen LogP) is 1.24. The summed E-state index contributed by atoms with van der Waals surface area (Å²) < 4.78 is 46.0. The van der Waals surface area contributed by atoms with Crippen molar-refractivity contribution >= 4 is 31.5 Å². The van der Waals surface area contributed by atoms with Crippen LogP contribution >= 0.6 is 7.60 Å². The fourth-order valence-electron chi connectivity index (χ4n) is 1.85. The zero-order chi connectivity index (χ0) is 24.2. The van der Waals surface area contributed by atoms with Gasteiger partial charge in [0.1, 0.15) is 13.2 Å². The molecule has 0 saturated carbocycles. The lowest BCUT2D eigenvalue weighted by Crippen LogP contribution is -2.33. The fraction of sp³-hybridized carbons (Fsp3) is 0.778. The molecule has 0 aliphatic carbocycles. The van der Waals surface area contributed by atoms with Gasteiger partial charge in [-0.3, -0.25) is 9.09 Å². The molecule has 13 heteroatoms. The lowest BCUT2D eigenvalue weighted by Gasteiger charge is -2.19. The molecule has 0 saturated heterocycles. The summed E-state index contributed by atoms with van der Waals surface area (Å²) >= 11 is 0. The van der Waals surface area contributed by atoms with Gasteiger partial charge in [-0.1, -0.05) is 0 Å². The first-order valence-electron chi connectivity index (χ1n) is 9.52. The monoisotopic (exact) mass is 470 g/mol. The highest BCUT2D eigenvalue weighted by Crippen LogP contribution is 2.45. The Labute approximate surface area is 181 Å². The number of esters is 4. The Bertz CT molecular complexity index is 664. The van der Waals surface area contributed by atoms with E-state index in [4.69, 9.17) is 32.7 Å². The molecule has 0 fully saturated rings. The lowest BCUT2D eigenvalue weighted by atomic mass is 10.4. The summed E-state index contributed by atoms with van der Waals surface area (Å²) in [4.78, 5) is 47.1. The molecule has 0 aliphatic heterocycles. The van der Waals surface area contributed by atoms with Crippen LogP contribution in [0.5, 0.6) is 0 Å². The number of hydrogen-bond acceptors (Lipinski definition) is 12. The first-order chi connectivity index (χ1) is 14.3. The highest BCUT2D eigenvalue weighted by Gasteiger charge is 2.29. The first-order valence-corrected chi connectivity index (χ1v) is 11.5. The van der Waals surface area contributed by atoms with E-state index in [1.807, 2.05) is 0 Å². The van der Waals surface area contributed by atoms with Crippen LogP contribution in [0.2, 0.25) is 0 Å². The Morgan fingerprint density at radius 2 is 1.16 bits per heavy atom. The van der Waals surface area contributed by atoms with Crippen LogP contribution in [0.4, 0.5) is 0 Å². The molecule has 31 heavy (non-hydrogen) atoms. The SMILES string of the molecule is CCO[P@](C)(=O)O[C@@H](C)C(=O)O[C@@H](C)C(=O)OCCOC(=O)[C@@H](C)OC(=O)[C@@H](C)OC. The van der Waals surface area contributed by atoms with E-state index in [1.54, 1.807) is 6.92 Å². The number of ether oxygens (including phenoxy) is 5. The predicted molar refractivity (Wildman–Crippen MR) is 105 cm³/mol. The van der Waals surface area contributed by atoms with Crippen molar-refractivity contribution in [1.82, 2.24) is 0 Å². The van der Waals surface area contributed by atoms with Gasteiger partial charge in [0.15, 0.2) is 24.4 Å². The second-order valence-corrected chi connectivity index (χ2v) is 8.32. The minimum absolute atomic E-state index is 0.135. The first kappa shape index (κ1) is 29.0. The molecule has 12 nitrogen and oxygen atoms in total. The summed E-state index contributed by atoms with van der Waals surface area (Å²) in [6.07, 6.45) is -4.53. The molecule has 0 radical (unpaired) electrons. The summed E-state index contributed by atoms with van der Waals surface area (Å²) in [5.74, 6) is -3.39. The maximum Gasteiger partial charge on any atom is 0.347 e. The smallest absolute Gasteiger partial charge is 0.347 e. The summed E-state index contributed by atoms with van der Waals surface area (Å²) in [5, 5.41) is 0. The Balaban J connectivity index is 4.29. The van der Waals surface area contributed by atoms with E-state index in [0.717, 1.165) is 0 Å². The van der Waals surface area contributed by atoms with Crippen LogP contribution in [0.15, 0.2) is 0 Å². The normalized spacial score (nSPS) is 16.7. The van der Waals surface area contributed by atoms with Crippen molar-refractivity contribution in [3.8, 4) is 0 Å². The molecule has 0 aromatic carbocycles. The van der Waals surface area contributed by atoms with E-state index in [2.05, 4.69) is 0 Å². The highest BCUT2D eigenvalue weighted by molar-refractivity contribution is 7.53. The Hall–Kier alpha value is -2.01. The maximum absolute atomic E-state index is 11.9. The third kappa shape index (κ3) is 11.8. The second kappa shape index (κ2) is 14.1. The number of hydrogen-bond donors (Lipinski definition) is 0. The minimum Gasteiger partial charge on any atom is -0.459 e. The third-order valence-corrected chi connectivity index (χ3v) is 4.98. The molecule has 0 amide bonds. The van der Waals surface area contributed by atoms with Gasteiger partial charge in [0, 0.05) is 13.8 Å². The van der Waals surface area contributed by atoms with E-state index in [0.29, 0.717) is 0 Å². The Morgan fingerprint density at radius 3 is 1.55 bits per heavy atom. The van der Waals surface area contributed by atoms with E-state index >= 15 is 0 Å². The van der Waals surface area contributed by atoms with Crippen LogP contribution in [0, 0.1) is 0 Å². The Kier molecular flexibility index (Phi) is 13.2. The van der Waals surface area contributed by atoms with E-state index < -0.39 is 55.9 Å². The number of methoxy groups -OCH3 is 1. The zero-order valence-corrected chi connectivity index (χ0v) is 19.7. The average Bonchev–Trinajstić information content (AvgIpc) is 2.69. The van der Waals surface area contributed by atoms with Crippen molar-refractivity contribution in [2.45, 2.75) is 59.0 Å². The van der Waals surface area contributed by atoms with Crippen molar-refractivity contribution in [3.05, 3.63) is 0 Å². The van der Waals surface area contributed by atoms with E-state index in [9.17, 15) is 23.7 Å². The fourth-order valence-corrected chi connectivity index (χ4v) is 3.04. The van der Waals surface area contributed by atoms with Crippen LogP contribution in [0.3, 0.4) is 0 Å². The number of carbonyl (C=O) groups excluding carboxylic acids is 4. The van der Waals surface area contributed by atoms with Crippen LogP contribution in [-0.2, 0) is 56.5 Å². The van der Waals surface area contributed by atoms with Gasteiger partial charge in [0.2, 0.25) is 0 Å². The van der Waals surface area contributed by atoms with E-state index in [1.165, 1.54) is 41.5 Å². The van der Waals surface area contributed by atoms with Gasteiger partial charge in [-0.2, -0.15) is 0 Å². The lowest BCUT2D eigenvalue weighted by molar-refractivity contribution is -0.176. The van der Waals surface area contributed by atoms with E-state index in [-0.39, 0.29) is 19.8 Å². The van der Waals surface area contributed by atoms with Crippen molar-refractivity contribution < 1.29 is 56.5 Å². The van der Waals surface area contributed by atoms with Gasteiger partial charge in [-0.25, -0.2) is 19.2 Å². The molecular weight excluding hydrogens is 439 g/mol. The van der Waals surface area contributed by atoms with Crippen molar-refractivity contribution in [2.75, 3.05) is 33.6 Å². The second-order valence-electron chi connectivity index (χ2n) is 6.31. The molecule has 0 heterocycles. The van der Waals surface area contributed by atoms with Crippen molar-refractivity contribution in [3.63, 3.8) is 0 Å². The summed E-state index contributed by atoms with van der Waals surface area (Å²) in [6, 6.07) is 0. The van der Waals surface area contributed by atoms with Crippen LogP contribution < -0.4 is 0 Å². The third-order valence-electron chi connectivity index (χ3n) is 3.55. The quantitative estimate of drug-likeness (QED) is 0.155. The van der Waals surface area contributed by atoms with Crippen molar-refractivity contribution in [2.24, 2.45) is 0 Å². The van der Waals surface area contributed by atoms with Crippen LogP contribution in [-0.4, -0.2) is 81.9 Å². The topological polar surface area (TPSA) is 150 Å². The highest BCUT2D eigenvalue weighted by atomic mass is 31.2. The molecule has 0 aliphatic rings. The molecule has 0 rings (SSSR count). The van der Waals surface area contributed by atoms with Gasteiger partial charge in [-0.05, 0) is 34.6 Å².